The zero-order valence-electron chi connectivity index (χ0n) is 21.1. The molecule has 0 spiro atoms. The second kappa shape index (κ2) is 13.7. The van der Waals surface area contributed by atoms with Crippen molar-refractivity contribution in [2.45, 2.75) is 26.5 Å². The van der Waals surface area contributed by atoms with Crippen LogP contribution in [-0.4, -0.2) is 11.9 Å². The molecule has 10 radical (unpaired) electrons. The summed E-state index contributed by atoms with van der Waals surface area (Å²) >= 11 is 0. The second-order valence-corrected chi connectivity index (χ2v) is 11.1. The van der Waals surface area contributed by atoms with Gasteiger partial charge in [-0.3, -0.25) is 0 Å². The van der Waals surface area contributed by atoms with Gasteiger partial charge in [0.2, 0.25) is 5.90 Å². The van der Waals surface area contributed by atoms with Gasteiger partial charge < -0.3 is 4.74 Å². The van der Waals surface area contributed by atoms with Gasteiger partial charge in [-0.15, -0.1) is 0 Å². The molecular formula is C33H30FeNOP+2. The monoisotopic (exact) mass is 543 g/mol. The molecule has 6 rings (SSSR count). The summed E-state index contributed by atoms with van der Waals surface area (Å²) in [5, 5.41) is 2.71. The summed E-state index contributed by atoms with van der Waals surface area (Å²) in [6.45, 7) is 4.89. The van der Waals surface area contributed by atoms with Crippen LogP contribution in [0.2, 0.25) is 0 Å². The van der Waals surface area contributed by atoms with Crippen molar-refractivity contribution < 1.29 is 21.8 Å². The van der Waals surface area contributed by atoms with E-state index in [-0.39, 0.29) is 23.1 Å². The summed E-state index contributed by atoms with van der Waals surface area (Å²) in [4.78, 5) is 5.04. The topological polar surface area (TPSA) is 21.6 Å². The zero-order chi connectivity index (χ0) is 24.7. The molecule has 0 amide bonds. The van der Waals surface area contributed by atoms with Gasteiger partial charge in [-0.2, -0.15) is 0 Å². The van der Waals surface area contributed by atoms with Crippen LogP contribution in [-0.2, 0) is 28.4 Å². The Hall–Kier alpha value is -1.92. The van der Waals surface area contributed by atoms with Crippen molar-refractivity contribution in [3.8, 4) is 0 Å². The minimum absolute atomic E-state index is 0. The first-order chi connectivity index (χ1) is 17.7. The van der Waals surface area contributed by atoms with Gasteiger partial charge in [0, 0.05) is 22.7 Å². The van der Waals surface area contributed by atoms with Gasteiger partial charge in [-0.25, -0.2) is 4.99 Å². The molecule has 37 heavy (non-hydrogen) atoms. The van der Waals surface area contributed by atoms with E-state index in [1.54, 1.807) is 0 Å². The Labute approximate surface area is 235 Å². The van der Waals surface area contributed by atoms with Gasteiger partial charge >= 0.3 is 17.1 Å². The second-order valence-electron chi connectivity index (χ2n) is 8.89. The summed E-state index contributed by atoms with van der Waals surface area (Å²) in [6, 6.07) is 28.1. The van der Waals surface area contributed by atoms with Crippen LogP contribution in [0.1, 0.15) is 23.6 Å². The molecule has 0 saturated heterocycles. The average molecular weight is 543 g/mol. The summed E-state index contributed by atoms with van der Waals surface area (Å²) in [7, 11) is -0.648. The number of aryl methyl sites for hydroxylation is 1. The van der Waals surface area contributed by atoms with Crippen molar-refractivity contribution in [2.24, 2.45) is 4.99 Å². The zero-order valence-corrected chi connectivity index (χ0v) is 23.1. The van der Waals surface area contributed by atoms with Crippen molar-refractivity contribution >= 4 is 24.4 Å². The van der Waals surface area contributed by atoms with Crippen LogP contribution in [0, 0.1) is 69.9 Å². The fourth-order valence-electron chi connectivity index (χ4n) is 4.47. The number of fused-ring (bicyclic) bond motifs is 1. The summed E-state index contributed by atoms with van der Waals surface area (Å²) in [6.07, 6.45) is 16.7. The fourth-order valence-corrected chi connectivity index (χ4v) is 7.02. The number of hydrogen-bond acceptors (Lipinski definition) is 2. The van der Waals surface area contributed by atoms with Crippen molar-refractivity contribution in [2.75, 3.05) is 0 Å². The molecule has 2 aliphatic carbocycles. The molecule has 3 aromatic rings. The van der Waals surface area contributed by atoms with E-state index >= 15 is 0 Å². The minimum atomic E-state index is -0.648. The van der Waals surface area contributed by atoms with Crippen LogP contribution >= 0.6 is 7.92 Å². The maximum absolute atomic E-state index is 5.97. The average Bonchev–Trinajstić information content (AvgIpc) is 3.70. The van der Waals surface area contributed by atoms with Gasteiger partial charge in [0.25, 0.3) is 0 Å². The van der Waals surface area contributed by atoms with Gasteiger partial charge in [0.15, 0.2) is 0 Å². The van der Waals surface area contributed by atoms with Crippen LogP contribution < -0.4 is 10.6 Å². The molecule has 1 aliphatic heterocycles. The number of rotatable bonds is 5. The number of benzene rings is 3. The smallest absolute Gasteiger partial charge is 0.473 e. The van der Waals surface area contributed by atoms with Crippen LogP contribution in [0.15, 0.2) is 83.9 Å². The Bertz CT molecular complexity index is 1100. The molecule has 1 heterocycles. The minimum Gasteiger partial charge on any atom is -0.473 e. The van der Waals surface area contributed by atoms with E-state index < -0.39 is 7.92 Å². The first kappa shape index (κ1) is 28.1. The molecule has 3 aromatic carbocycles. The molecule has 4 heteroatoms. The summed E-state index contributed by atoms with van der Waals surface area (Å²) < 4.78 is 5.97. The Morgan fingerprint density at radius 1 is 0.757 bits per heavy atom. The van der Waals surface area contributed by atoms with Crippen molar-refractivity contribution in [1.29, 1.82) is 0 Å². The Morgan fingerprint density at radius 2 is 1.35 bits per heavy atom. The maximum Gasteiger partial charge on any atom is 2.00 e. The molecule has 184 valence electrons. The normalized spacial score (nSPS) is 19.2. The molecule has 0 unspecified atom stereocenters. The fraction of sp³-hybridized carbons (Fsp3) is 0.121. The predicted octanol–water partition coefficient (Wildman–Crippen LogP) is 6.55. The summed E-state index contributed by atoms with van der Waals surface area (Å²) in [5.74, 6) is 2.04. The van der Waals surface area contributed by atoms with E-state index in [0.29, 0.717) is 6.61 Å². The van der Waals surface area contributed by atoms with Crippen LogP contribution in [0.3, 0.4) is 0 Å². The molecule has 2 fully saturated rings. The molecule has 2 nitrogen and oxygen atoms in total. The van der Waals surface area contributed by atoms with E-state index in [2.05, 4.69) is 112 Å². The van der Waals surface area contributed by atoms with Crippen LogP contribution in [0.5, 0.6) is 0 Å². The summed E-state index contributed by atoms with van der Waals surface area (Å²) in [5.41, 5.74) is 4.95. The number of aliphatic imine (C=N–C) groups is 1. The van der Waals surface area contributed by atoms with Gasteiger partial charge in [-0.05, 0) is 89.8 Å². The van der Waals surface area contributed by atoms with Gasteiger partial charge in [0.1, 0.15) is 6.61 Å². The third kappa shape index (κ3) is 6.94. The van der Waals surface area contributed by atoms with Crippen molar-refractivity contribution in [3.63, 3.8) is 0 Å². The van der Waals surface area contributed by atoms with Crippen LogP contribution in [0.25, 0.3) is 0 Å². The molecular weight excluding hydrogens is 513 g/mol. The first-order valence-electron chi connectivity index (χ1n) is 12.3. The Kier molecular flexibility index (Phi) is 10.4. The van der Waals surface area contributed by atoms with Crippen molar-refractivity contribution in [3.05, 3.63) is 158 Å². The van der Waals surface area contributed by atoms with Crippen molar-refractivity contribution in [1.82, 2.24) is 0 Å². The van der Waals surface area contributed by atoms with Gasteiger partial charge in [0.05, 0.1) is 6.04 Å². The largest absolute Gasteiger partial charge is 2.00 e. The molecule has 0 bridgehead atoms. The Balaban J connectivity index is 0.000000479. The number of ether oxygens (including phenoxy) is 1. The SMILES string of the molecule is Cc1ccc2c(c1)C(=N[C@H](C)[C]1[CH][CH][CH][C]1P(c1ccccc1)c1ccccc1)OC2.[CH]1[CH][CH][CH][CH]1.[Fe+2]. The third-order valence-corrected chi connectivity index (χ3v) is 8.79. The molecule has 2 saturated carbocycles. The molecule has 3 aliphatic rings. The standard InChI is InChI=1S/C28H25NOP.C5H5.Fe/c1-20-16-17-22-19-30-28(26(22)18-20)29-21(2)25-14-9-15-27(25)31(23-10-5-3-6-11-23)24-12-7-4-8-13-24;1-2-4-5-3-1;/h3-18,21H,19H2,1-2H3;1-5H;/q;;+2/t21-;;/m1../s1. The number of nitrogens with zero attached hydrogens (tertiary/aromatic N) is 1. The van der Waals surface area contributed by atoms with Crippen LogP contribution in [0.4, 0.5) is 0 Å². The molecule has 0 aromatic heterocycles. The van der Waals surface area contributed by atoms with E-state index in [1.165, 1.54) is 33.3 Å². The predicted molar refractivity (Wildman–Crippen MR) is 152 cm³/mol. The third-order valence-electron chi connectivity index (χ3n) is 6.27. The number of hydrogen-bond donors (Lipinski definition) is 0. The first-order valence-corrected chi connectivity index (χ1v) is 13.7. The quantitative estimate of drug-likeness (QED) is 0.265. The molecule has 1 atom stereocenters. The van der Waals surface area contributed by atoms with Gasteiger partial charge in [-0.1, -0.05) is 78.4 Å². The van der Waals surface area contributed by atoms with E-state index in [1.807, 2.05) is 32.1 Å². The van der Waals surface area contributed by atoms with E-state index in [4.69, 9.17) is 9.73 Å². The maximum atomic E-state index is 5.97. The Morgan fingerprint density at radius 3 is 1.95 bits per heavy atom. The molecule has 0 N–H and O–H groups in total. The van der Waals surface area contributed by atoms with E-state index in [9.17, 15) is 0 Å². The van der Waals surface area contributed by atoms with E-state index in [0.717, 1.165) is 11.5 Å².